The molecule has 0 aliphatic heterocycles. The normalized spacial score (nSPS) is 10.9. The van der Waals surface area contributed by atoms with Crippen molar-refractivity contribution in [3.05, 3.63) is 30.3 Å². The number of anilines is 1. The van der Waals surface area contributed by atoms with Gasteiger partial charge in [-0.25, -0.2) is 9.67 Å². The fraction of sp³-hybridized carbons (Fsp3) is 0.0909. The Hall–Kier alpha value is -2.15. The van der Waals surface area contributed by atoms with E-state index in [9.17, 15) is 0 Å². The molecule has 0 saturated carbocycles. The number of tetrazole rings is 1. The second-order valence-corrected chi connectivity index (χ2v) is 4.78. The molecule has 0 bridgehead atoms. The van der Waals surface area contributed by atoms with Gasteiger partial charge in [0.25, 0.3) is 0 Å². The first-order valence-electron chi connectivity index (χ1n) is 5.29. The summed E-state index contributed by atoms with van der Waals surface area (Å²) < 4.78 is 1.61. The lowest BCUT2D eigenvalue weighted by Gasteiger charge is -2.02. The lowest BCUT2D eigenvalue weighted by atomic mass is 10.2. The van der Waals surface area contributed by atoms with E-state index in [1.807, 2.05) is 30.3 Å². The molecule has 0 radical (unpaired) electrons. The Morgan fingerprint density at radius 1 is 1.22 bits per heavy atom. The van der Waals surface area contributed by atoms with E-state index in [4.69, 9.17) is 5.73 Å². The molecule has 90 valence electrons. The summed E-state index contributed by atoms with van der Waals surface area (Å²) in [4.78, 5) is 4.53. The van der Waals surface area contributed by atoms with E-state index >= 15 is 0 Å². The van der Waals surface area contributed by atoms with E-state index in [2.05, 4.69) is 20.5 Å². The summed E-state index contributed by atoms with van der Waals surface area (Å²) in [7, 11) is 1.80. The topological polar surface area (TPSA) is 82.5 Å². The average Bonchev–Trinajstić information content (AvgIpc) is 2.75. The van der Waals surface area contributed by atoms with E-state index in [1.54, 1.807) is 11.7 Å². The average molecular weight is 258 g/mol. The molecule has 2 aromatic heterocycles. The highest BCUT2D eigenvalue weighted by Crippen LogP contribution is 2.25. The van der Waals surface area contributed by atoms with Gasteiger partial charge in [0.1, 0.15) is 5.03 Å². The zero-order valence-corrected chi connectivity index (χ0v) is 10.4. The number of pyridine rings is 1. The maximum absolute atomic E-state index is 5.73. The molecule has 0 fully saturated rings. The molecule has 6 nitrogen and oxygen atoms in total. The maximum Gasteiger partial charge on any atom is 0.215 e. The third kappa shape index (κ3) is 2.00. The van der Waals surface area contributed by atoms with Gasteiger partial charge < -0.3 is 5.73 Å². The number of nitrogen functional groups attached to an aromatic ring is 1. The standard InChI is InChI=1S/C11H10N6S/c1-17-11(14-15-16-17)18-10-5-2-7-6-8(12)3-4-9(7)13-10/h2-6H,12H2,1H3. The van der Waals surface area contributed by atoms with Gasteiger partial charge in [0.2, 0.25) is 5.16 Å². The van der Waals surface area contributed by atoms with E-state index in [1.165, 1.54) is 11.8 Å². The predicted octanol–water partition coefficient (Wildman–Crippen LogP) is 1.49. The summed E-state index contributed by atoms with van der Waals surface area (Å²) in [5.74, 6) is 0. The van der Waals surface area contributed by atoms with E-state index in [0.717, 1.165) is 21.6 Å². The van der Waals surface area contributed by atoms with Crippen LogP contribution in [-0.2, 0) is 7.05 Å². The second-order valence-electron chi connectivity index (χ2n) is 3.79. The zero-order chi connectivity index (χ0) is 12.5. The van der Waals surface area contributed by atoms with Crippen molar-refractivity contribution in [3.63, 3.8) is 0 Å². The number of nitrogens with zero attached hydrogens (tertiary/aromatic N) is 5. The molecule has 2 N–H and O–H groups in total. The van der Waals surface area contributed by atoms with Gasteiger partial charge in [-0.3, -0.25) is 0 Å². The monoisotopic (exact) mass is 258 g/mol. The minimum atomic E-state index is 0.706. The molecule has 0 unspecified atom stereocenters. The summed E-state index contributed by atoms with van der Waals surface area (Å²) in [5.41, 5.74) is 7.37. The van der Waals surface area contributed by atoms with Crippen molar-refractivity contribution in [3.8, 4) is 0 Å². The lowest BCUT2D eigenvalue weighted by molar-refractivity contribution is 0.664. The van der Waals surface area contributed by atoms with Crippen molar-refractivity contribution in [2.45, 2.75) is 10.2 Å². The van der Waals surface area contributed by atoms with Crippen molar-refractivity contribution in [1.29, 1.82) is 0 Å². The van der Waals surface area contributed by atoms with Crippen LogP contribution in [0.25, 0.3) is 10.9 Å². The lowest BCUT2D eigenvalue weighted by Crippen LogP contribution is -1.93. The van der Waals surface area contributed by atoms with Crippen LogP contribution in [0.15, 0.2) is 40.5 Å². The molecule has 0 saturated heterocycles. The molecule has 0 amide bonds. The SMILES string of the molecule is Cn1nnnc1Sc1ccc2cc(N)ccc2n1. The summed E-state index contributed by atoms with van der Waals surface area (Å²) in [6, 6.07) is 9.57. The van der Waals surface area contributed by atoms with Crippen molar-refractivity contribution in [1.82, 2.24) is 25.2 Å². The number of nitrogens with two attached hydrogens (primary N) is 1. The smallest absolute Gasteiger partial charge is 0.215 e. The number of aryl methyl sites for hydroxylation is 1. The van der Waals surface area contributed by atoms with E-state index in [-0.39, 0.29) is 0 Å². The molecule has 1 aromatic carbocycles. The molecule has 0 spiro atoms. The fourth-order valence-electron chi connectivity index (χ4n) is 1.58. The van der Waals surface area contributed by atoms with Gasteiger partial charge in [0.05, 0.1) is 5.52 Å². The van der Waals surface area contributed by atoms with Gasteiger partial charge in [-0.05, 0) is 46.5 Å². The molecule has 18 heavy (non-hydrogen) atoms. The van der Waals surface area contributed by atoms with Crippen LogP contribution in [0, 0.1) is 0 Å². The maximum atomic E-state index is 5.73. The van der Waals surface area contributed by atoms with Crippen LogP contribution in [0.2, 0.25) is 0 Å². The number of aromatic nitrogens is 5. The predicted molar refractivity (Wildman–Crippen MR) is 69.1 cm³/mol. The molecular formula is C11H10N6S. The largest absolute Gasteiger partial charge is 0.399 e. The van der Waals surface area contributed by atoms with Crippen LogP contribution in [0.5, 0.6) is 0 Å². The van der Waals surface area contributed by atoms with Crippen LogP contribution in [0.1, 0.15) is 0 Å². The highest BCUT2D eigenvalue weighted by Gasteiger charge is 2.06. The first-order valence-corrected chi connectivity index (χ1v) is 6.10. The summed E-state index contributed by atoms with van der Waals surface area (Å²) in [6.45, 7) is 0. The first kappa shape index (κ1) is 11.0. The molecule has 7 heteroatoms. The van der Waals surface area contributed by atoms with Crippen molar-refractivity contribution < 1.29 is 0 Å². The van der Waals surface area contributed by atoms with Crippen molar-refractivity contribution in [2.75, 3.05) is 5.73 Å². The highest BCUT2D eigenvalue weighted by atomic mass is 32.2. The van der Waals surface area contributed by atoms with Gasteiger partial charge in [-0.2, -0.15) is 0 Å². The molecule has 0 atom stereocenters. The second kappa shape index (κ2) is 4.26. The van der Waals surface area contributed by atoms with Gasteiger partial charge in [0.15, 0.2) is 0 Å². The van der Waals surface area contributed by atoms with E-state index in [0.29, 0.717) is 5.16 Å². The first-order chi connectivity index (χ1) is 8.72. The van der Waals surface area contributed by atoms with Crippen LogP contribution in [-0.4, -0.2) is 25.2 Å². The minimum Gasteiger partial charge on any atom is -0.399 e. The molecule has 0 aliphatic carbocycles. The fourth-order valence-corrected chi connectivity index (χ4v) is 2.30. The number of rotatable bonds is 2. The van der Waals surface area contributed by atoms with Crippen LogP contribution in [0.3, 0.4) is 0 Å². The highest BCUT2D eigenvalue weighted by molar-refractivity contribution is 7.99. The molecule has 0 aliphatic rings. The molecule has 3 rings (SSSR count). The Kier molecular flexibility index (Phi) is 2.60. The number of hydrogen-bond donors (Lipinski definition) is 1. The Labute approximate surface area is 107 Å². The molecular weight excluding hydrogens is 248 g/mol. The Balaban J connectivity index is 1.99. The van der Waals surface area contributed by atoms with E-state index < -0.39 is 0 Å². The number of fused-ring (bicyclic) bond motifs is 1. The number of benzene rings is 1. The third-order valence-corrected chi connectivity index (χ3v) is 3.43. The summed E-state index contributed by atoms with van der Waals surface area (Å²) >= 11 is 1.42. The molecule has 3 aromatic rings. The third-order valence-electron chi connectivity index (χ3n) is 2.46. The summed E-state index contributed by atoms with van der Waals surface area (Å²) in [6.07, 6.45) is 0. The number of hydrogen-bond acceptors (Lipinski definition) is 6. The Morgan fingerprint density at radius 2 is 2.11 bits per heavy atom. The minimum absolute atomic E-state index is 0.706. The van der Waals surface area contributed by atoms with Gasteiger partial charge in [0, 0.05) is 18.1 Å². The molecule has 2 heterocycles. The quantitative estimate of drug-likeness (QED) is 0.701. The zero-order valence-electron chi connectivity index (χ0n) is 9.61. The van der Waals surface area contributed by atoms with Crippen molar-refractivity contribution >= 4 is 28.4 Å². The van der Waals surface area contributed by atoms with Gasteiger partial charge >= 0.3 is 0 Å². The Morgan fingerprint density at radius 3 is 2.89 bits per heavy atom. The van der Waals surface area contributed by atoms with Crippen LogP contribution in [0.4, 0.5) is 5.69 Å². The van der Waals surface area contributed by atoms with Crippen LogP contribution >= 0.6 is 11.8 Å². The van der Waals surface area contributed by atoms with Crippen molar-refractivity contribution in [2.24, 2.45) is 7.05 Å². The Bertz CT molecular complexity index is 708. The van der Waals surface area contributed by atoms with Crippen LogP contribution < -0.4 is 5.73 Å². The van der Waals surface area contributed by atoms with Gasteiger partial charge in [-0.15, -0.1) is 5.10 Å². The summed E-state index contributed by atoms with van der Waals surface area (Å²) in [5, 5.41) is 13.9. The van der Waals surface area contributed by atoms with Gasteiger partial charge in [-0.1, -0.05) is 6.07 Å².